The Balaban J connectivity index is 6.75. The summed E-state index contributed by atoms with van der Waals surface area (Å²) in [5.41, 5.74) is -3.18. The number of hydrogen-bond donors (Lipinski definition) is 0. The molecule has 10 nitrogen and oxygen atoms in total. The number of carbonyl (C=O) groups excluding carboxylic acids is 3. The third-order valence-electron chi connectivity index (χ3n) is 7.23. The summed E-state index contributed by atoms with van der Waals surface area (Å²) in [5.74, 6) is -1.87. The van der Waals surface area contributed by atoms with Crippen molar-refractivity contribution >= 4 is 25.7 Å². The summed E-state index contributed by atoms with van der Waals surface area (Å²) in [7, 11) is -4.58. The van der Waals surface area contributed by atoms with Crippen molar-refractivity contribution in [2.45, 2.75) is 118 Å². The van der Waals surface area contributed by atoms with E-state index in [9.17, 15) is 18.9 Å². The Bertz CT molecular complexity index is 864. The molecule has 0 heterocycles. The van der Waals surface area contributed by atoms with E-state index in [4.69, 9.17) is 27.8 Å². The number of esters is 3. The van der Waals surface area contributed by atoms with Crippen LogP contribution in [0.5, 0.6) is 0 Å². The molecule has 0 bridgehead atoms. The molecule has 0 saturated heterocycles. The number of carbonyl (C=O) groups is 3. The van der Waals surface area contributed by atoms with Crippen LogP contribution in [0.1, 0.15) is 101 Å². The summed E-state index contributed by atoms with van der Waals surface area (Å²) in [6, 6.07) is 0. The minimum Gasteiger partial charge on any atom is -0.459 e. The first-order chi connectivity index (χ1) is 19.0. The van der Waals surface area contributed by atoms with E-state index in [-0.39, 0.29) is 75.1 Å². The topological polar surface area (TPSA) is 124 Å². The smallest absolute Gasteiger partial charge is 0.459 e. The second-order valence-electron chi connectivity index (χ2n) is 10.5. The third kappa shape index (κ3) is 11.9. The summed E-state index contributed by atoms with van der Waals surface area (Å²) < 4.78 is 49.9. The molecule has 0 spiro atoms. The monoisotopic (exact) mass is 602 g/mol. The number of phosphoric ester groups is 1. The molecule has 0 rings (SSSR count). The van der Waals surface area contributed by atoms with Crippen LogP contribution < -0.4 is 0 Å². The summed E-state index contributed by atoms with van der Waals surface area (Å²) in [6.45, 7) is 25.4. The van der Waals surface area contributed by atoms with E-state index in [0.29, 0.717) is 0 Å². The van der Waals surface area contributed by atoms with Gasteiger partial charge in [0.15, 0.2) is 0 Å². The van der Waals surface area contributed by atoms with Gasteiger partial charge < -0.3 is 14.2 Å². The number of ether oxygens (including phenoxy) is 3. The Morgan fingerprint density at radius 3 is 0.854 bits per heavy atom. The van der Waals surface area contributed by atoms with Crippen LogP contribution in [0, 0.1) is 0 Å². The van der Waals surface area contributed by atoms with Gasteiger partial charge in [0, 0.05) is 16.7 Å². The maximum atomic E-state index is 14.8. The van der Waals surface area contributed by atoms with Crippen molar-refractivity contribution in [2.75, 3.05) is 19.8 Å². The van der Waals surface area contributed by atoms with Crippen LogP contribution in [0.2, 0.25) is 0 Å². The molecule has 0 aromatic heterocycles. The first-order valence-electron chi connectivity index (χ1n) is 14.2. The minimum absolute atomic E-state index is 0.201. The Morgan fingerprint density at radius 2 is 0.707 bits per heavy atom. The molecule has 0 atom stereocenters. The van der Waals surface area contributed by atoms with E-state index in [0.717, 1.165) is 0 Å². The molecule has 0 aromatic rings. The first kappa shape index (κ1) is 38.7. The van der Waals surface area contributed by atoms with Crippen LogP contribution in [0.4, 0.5) is 0 Å². The van der Waals surface area contributed by atoms with Crippen molar-refractivity contribution in [1.82, 2.24) is 0 Å². The van der Waals surface area contributed by atoms with Gasteiger partial charge in [0.05, 0.1) is 0 Å². The number of hydrogen-bond acceptors (Lipinski definition) is 10. The van der Waals surface area contributed by atoms with Crippen molar-refractivity contribution < 1.29 is 46.7 Å². The molecule has 41 heavy (non-hydrogen) atoms. The van der Waals surface area contributed by atoms with E-state index >= 15 is 0 Å². The Morgan fingerprint density at radius 1 is 0.512 bits per heavy atom. The van der Waals surface area contributed by atoms with Gasteiger partial charge in [-0.15, -0.1) is 0 Å². The van der Waals surface area contributed by atoms with Crippen molar-refractivity contribution in [3.8, 4) is 0 Å². The van der Waals surface area contributed by atoms with Gasteiger partial charge in [-0.3, -0.25) is 13.6 Å². The highest BCUT2D eigenvalue weighted by atomic mass is 31.2. The fourth-order valence-corrected chi connectivity index (χ4v) is 6.02. The van der Waals surface area contributed by atoms with Gasteiger partial charge in [0.25, 0.3) is 0 Å². The zero-order valence-electron chi connectivity index (χ0n) is 26.5. The number of phosphoric acid groups is 1. The molecule has 0 N–H and O–H groups in total. The standard InChI is InChI=1S/C30H51O10P/c1-13-28(14-2,19-35-25(31)22(7)8)38-41(34,39-29(15-3,16-4)20-36-26(32)23(9)10)40-30(17-5,18-6)21-37-27(33)24(11)12/h7,9,11,13-21H2,1-6,8,10,12H3. The molecule has 0 aromatic carbocycles. The molecule has 236 valence electrons. The summed E-state index contributed by atoms with van der Waals surface area (Å²) in [4.78, 5) is 36.7. The molecule has 0 saturated carbocycles. The fraction of sp³-hybridized carbons (Fsp3) is 0.700. The zero-order chi connectivity index (χ0) is 32.1. The Hall–Kier alpha value is -2.26. The molecular weight excluding hydrogens is 551 g/mol. The van der Waals surface area contributed by atoms with Gasteiger partial charge >= 0.3 is 25.7 Å². The lowest BCUT2D eigenvalue weighted by Crippen LogP contribution is -2.44. The molecule has 0 aliphatic carbocycles. The molecule has 0 aliphatic rings. The van der Waals surface area contributed by atoms with Crippen LogP contribution in [0.15, 0.2) is 36.5 Å². The second-order valence-corrected chi connectivity index (χ2v) is 11.9. The maximum absolute atomic E-state index is 14.8. The lowest BCUT2D eigenvalue weighted by molar-refractivity contribution is -0.157. The predicted molar refractivity (Wildman–Crippen MR) is 158 cm³/mol. The van der Waals surface area contributed by atoms with E-state index in [1.807, 2.05) is 0 Å². The highest BCUT2D eigenvalue weighted by molar-refractivity contribution is 7.48. The minimum atomic E-state index is -4.58. The van der Waals surface area contributed by atoms with Crippen LogP contribution >= 0.6 is 7.82 Å². The summed E-state index contributed by atoms with van der Waals surface area (Å²) in [5, 5.41) is 0. The first-order valence-corrected chi connectivity index (χ1v) is 15.6. The predicted octanol–water partition coefficient (Wildman–Crippen LogP) is 7.18. The lowest BCUT2D eigenvalue weighted by atomic mass is 9.99. The quantitative estimate of drug-likeness (QED) is 0.0577. The van der Waals surface area contributed by atoms with Crippen LogP contribution in [0.25, 0.3) is 0 Å². The second kappa shape index (κ2) is 17.0. The van der Waals surface area contributed by atoms with Crippen LogP contribution in [-0.4, -0.2) is 54.5 Å². The largest absolute Gasteiger partial charge is 0.476 e. The van der Waals surface area contributed by atoms with Gasteiger partial charge in [-0.05, 0) is 59.3 Å². The third-order valence-corrected chi connectivity index (χ3v) is 9.06. The molecule has 0 fully saturated rings. The Kier molecular flexibility index (Phi) is 16.1. The SMILES string of the molecule is C=C(C)C(=O)OCC(CC)(CC)OP(=O)(OC(CC)(CC)COC(=O)C(=C)C)OC(CC)(CC)COC(=O)C(=C)C. The molecule has 0 unspecified atom stereocenters. The average Bonchev–Trinajstić information content (AvgIpc) is 2.94. The summed E-state index contributed by atoms with van der Waals surface area (Å²) >= 11 is 0. The molecule has 0 amide bonds. The van der Waals surface area contributed by atoms with Crippen molar-refractivity contribution in [2.24, 2.45) is 0 Å². The average molecular weight is 603 g/mol. The van der Waals surface area contributed by atoms with E-state index < -0.39 is 42.5 Å². The van der Waals surface area contributed by atoms with Crippen LogP contribution in [0.3, 0.4) is 0 Å². The molecule has 0 radical (unpaired) electrons. The van der Waals surface area contributed by atoms with Crippen LogP contribution in [-0.2, 0) is 46.7 Å². The van der Waals surface area contributed by atoms with Crippen molar-refractivity contribution in [3.63, 3.8) is 0 Å². The van der Waals surface area contributed by atoms with Crippen molar-refractivity contribution in [3.05, 3.63) is 36.5 Å². The van der Waals surface area contributed by atoms with Gasteiger partial charge in [0.1, 0.15) is 36.6 Å². The van der Waals surface area contributed by atoms with E-state index in [1.165, 1.54) is 20.8 Å². The number of rotatable bonds is 21. The summed E-state index contributed by atoms with van der Waals surface area (Å²) in [6.07, 6.45) is 1.72. The maximum Gasteiger partial charge on any atom is 0.476 e. The van der Waals surface area contributed by atoms with Gasteiger partial charge in [0.2, 0.25) is 0 Å². The molecular formula is C30H51O10P. The van der Waals surface area contributed by atoms with Crippen molar-refractivity contribution in [1.29, 1.82) is 0 Å². The molecule has 0 aliphatic heterocycles. The van der Waals surface area contributed by atoms with E-state index in [2.05, 4.69) is 19.7 Å². The molecule has 11 heteroatoms. The van der Waals surface area contributed by atoms with Gasteiger partial charge in [-0.25, -0.2) is 18.9 Å². The van der Waals surface area contributed by atoms with E-state index in [1.54, 1.807) is 41.5 Å². The van der Waals surface area contributed by atoms with Gasteiger partial charge in [-0.2, -0.15) is 0 Å². The highest BCUT2D eigenvalue weighted by Crippen LogP contribution is 2.60. The van der Waals surface area contributed by atoms with Gasteiger partial charge in [-0.1, -0.05) is 61.3 Å². The highest BCUT2D eigenvalue weighted by Gasteiger charge is 2.50. The Labute approximate surface area is 246 Å². The zero-order valence-corrected chi connectivity index (χ0v) is 27.4. The lowest BCUT2D eigenvalue weighted by Gasteiger charge is -2.42. The fourth-order valence-electron chi connectivity index (χ4n) is 3.56. The normalized spacial score (nSPS) is 12.4.